The van der Waals surface area contributed by atoms with Crippen molar-refractivity contribution in [3.05, 3.63) is 88.9 Å². The Kier molecular flexibility index (Phi) is 9.07. The number of hydrogen-bond donors (Lipinski definition) is 2. The molecule has 1 saturated carbocycles. The standard InChI is InChI=1S/C36H41NO5S2/c1-4-41-26-12-14-30-32(21-26)44-34(37-30)43-22-36(40)17-15-29-27-13-10-24(20-28(27)33(39)31-8-6-18-42-31)19-25(38)11-9-23(2)7-5-16-35(29,36)3/h6-8,10,12-14,18,20-21,25,29,38,40H,4-5,9,11,15-17,19,22H2,1-3H3. The third kappa shape index (κ3) is 6.14. The highest BCUT2D eigenvalue weighted by Gasteiger charge is 2.56. The average molecular weight is 632 g/mol. The van der Waals surface area contributed by atoms with E-state index in [0.29, 0.717) is 42.9 Å². The number of allylic oxidation sites excluding steroid dienone is 2. The number of aliphatic hydroxyl groups excluding tert-OH is 1. The molecule has 1 fully saturated rings. The van der Waals surface area contributed by atoms with Crippen LogP contribution < -0.4 is 4.74 Å². The minimum Gasteiger partial charge on any atom is -0.494 e. The molecule has 2 N–H and O–H groups in total. The molecule has 44 heavy (non-hydrogen) atoms. The number of carbonyl (C=O) groups is 1. The Morgan fingerprint density at radius 1 is 1.18 bits per heavy atom. The van der Waals surface area contributed by atoms with E-state index in [0.717, 1.165) is 57.1 Å². The number of nitrogens with zero attached hydrogens (tertiary/aromatic N) is 1. The molecule has 0 aliphatic heterocycles. The van der Waals surface area contributed by atoms with Crippen LogP contribution in [0, 0.1) is 5.41 Å². The van der Waals surface area contributed by atoms with Crippen molar-refractivity contribution in [3.8, 4) is 5.75 Å². The highest BCUT2D eigenvalue weighted by atomic mass is 32.2. The Bertz CT molecular complexity index is 1660. The first-order valence-corrected chi connectivity index (χ1v) is 17.4. The number of carbonyl (C=O) groups excluding carboxylic acids is 1. The zero-order valence-corrected chi connectivity index (χ0v) is 27.3. The Morgan fingerprint density at radius 2 is 2.05 bits per heavy atom. The number of rotatable bonds is 7. The number of benzene rings is 2. The van der Waals surface area contributed by atoms with Gasteiger partial charge < -0.3 is 19.4 Å². The summed E-state index contributed by atoms with van der Waals surface area (Å²) in [5.74, 6) is 1.48. The Labute approximate surface area is 267 Å². The molecule has 232 valence electrons. The Hall–Kier alpha value is -2.91. The normalized spacial score (nSPS) is 25.9. The van der Waals surface area contributed by atoms with Crippen LogP contribution in [0.5, 0.6) is 5.75 Å². The van der Waals surface area contributed by atoms with E-state index in [2.05, 4.69) is 32.1 Å². The number of fused-ring (bicyclic) bond motifs is 9. The number of aromatic nitrogens is 1. The van der Waals surface area contributed by atoms with Crippen molar-refractivity contribution in [2.24, 2.45) is 5.41 Å². The molecule has 2 aromatic heterocycles. The van der Waals surface area contributed by atoms with Crippen molar-refractivity contribution in [3.63, 3.8) is 0 Å². The summed E-state index contributed by atoms with van der Waals surface area (Å²) in [5.41, 5.74) is 3.25. The average Bonchev–Trinajstić information content (AvgIpc) is 3.74. The molecule has 4 atom stereocenters. The second-order valence-electron chi connectivity index (χ2n) is 12.6. The van der Waals surface area contributed by atoms with Gasteiger partial charge in [-0.2, -0.15) is 0 Å². The zero-order valence-electron chi connectivity index (χ0n) is 25.7. The SMILES string of the molecule is CCOc1ccc2nc(SCC3(O)CCC4c5ccc(cc5C(=O)c5ccco5)CC(O)CCC(C)=CCCC43C)sc2c1. The van der Waals surface area contributed by atoms with E-state index in [1.165, 1.54) is 11.8 Å². The fourth-order valence-electron chi connectivity index (χ4n) is 7.10. The number of ether oxygens (including phenoxy) is 1. The molecule has 7 rings (SSSR count). The van der Waals surface area contributed by atoms with Crippen molar-refractivity contribution in [2.75, 3.05) is 12.4 Å². The maximum absolute atomic E-state index is 13.8. The lowest BCUT2D eigenvalue weighted by Gasteiger charge is -2.44. The minimum atomic E-state index is -0.963. The molecule has 0 radical (unpaired) electrons. The first-order valence-electron chi connectivity index (χ1n) is 15.6. The van der Waals surface area contributed by atoms with Gasteiger partial charge in [0, 0.05) is 16.7 Å². The molecule has 2 bridgehead atoms. The largest absolute Gasteiger partial charge is 0.494 e. The lowest BCUT2D eigenvalue weighted by Crippen LogP contribution is -2.46. The number of thiazole rings is 1. The molecule has 4 aromatic rings. The van der Waals surface area contributed by atoms with Gasteiger partial charge in [-0.15, -0.1) is 11.3 Å². The van der Waals surface area contributed by atoms with Crippen molar-refractivity contribution in [1.82, 2.24) is 4.98 Å². The number of hydrogen-bond acceptors (Lipinski definition) is 8. The molecule has 8 heteroatoms. The van der Waals surface area contributed by atoms with E-state index >= 15 is 0 Å². The summed E-state index contributed by atoms with van der Waals surface area (Å²) in [5, 5.41) is 23.3. The van der Waals surface area contributed by atoms with Gasteiger partial charge in [-0.3, -0.25) is 4.79 Å². The lowest BCUT2D eigenvalue weighted by atomic mass is 9.65. The topological polar surface area (TPSA) is 92.8 Å². The van der Waals surface area contributed by atoms with E-state index in [4.69, 9.17) is 14.1 Å². The van der Waals surface area contributed by atoms with Crippen LogP contribution in [-0.2, 0) is 6.42 Å². The van der Waals surface area contributed by atoms with Gasteiger partial charge in [-0.25, -0.2) is 4.98 Å². The van der Waals surface area contributed by atoms with Crippen molar-refractivity contribution in [2.45, 2.75) is 87.7 Å². The van der Waals surface area contributed by atoms with Crippen LogP contribution in [-0.4, -0.2) is 45.0 Å². The minimum absolute atomic E-state index is 0.0262. The molecule has 2 heterocycles. The monoisotopic (exact) mass is 631 g/mol. The molecule has 3 aliphatic rings. The molecule has 2 aromatic carbocycles. The van der Waals surface area contributed by atoms with E-state index in [-0.39, 0.29) is 11.7 Å². The van der Waals surface area contributed by atoms with Crippen LogP contribution in [0.4, 0.5) is 0 Å². The third-order valence-corrected chi connectivity index (χ3v) is 12.1. The predicted octanol–water partition coefficient (Wildman–Crippen LogP) is 8.35. The summed E-state index contributed by atoms with van der Waals surface area (Å²) >= 11 is 3.25. The van der Waals surface area contributed by atoms with E-state index in [1.54, 1.807) is 35.2 Å². The van der Waals surface area contributed by atoms with Gasteiger partial charge in [-0.05, 0) is 112 Å². The molecule has 4 unspecified atom stereocenters. The Morgan fingerprint density at radius 3 is 2.84 bits per heavy atom. The fraction of sp³-hybridized carbons (Fsp3) is 0.444. The van der Waals surface area contributed by atoms with Crippen molar-refractivity contribution >= 4 is 39.1 Å². The number of aliphatic hydroxyl groups is 2. The van der Waals surface area contributed by atoms with Gasteiger partial charge in [0.2, 0.25) is 5.78 Å². The van der Waals surface area contributed by atoms with Gasteiger partial charge in [0.15, 0.2) is 10.1 Å². The van der Waals surface area contributed by atoms with Gasteiger partial charge in [0.25, 0.3) is 0 Å². The summed E-state index contributed by atoms with van der Waals surface area (Å²) in [6, 6.07) is 15.5. The molecule has 6 nitrogen and oxygen atoms in total. The van der Waals surface area contributed by atoms with E-state index in [9.17, 15) is 15.0 Å². The van der Waals surface area contributed by atoms with E-state index < -0.39 is 17.1 Å². The van der Waals surface area contributed by atoms with Crippen LogP contribution in [0.2, 0.25) is 0 Å². The summed E-state index contributed by atoms with van der Waals surface area (Å²) < 4.78 is 13.2. The molecule has 0 spiro atoms. The summed E-state index contributed by atoms with van der Waals surface area (Å²) in [7, 11) is 0. The zero-order chi connectivity index (χ0) is 30.9. The summed E-state index contributed by atoms with van der Waals surface area (Å²) in [6.07, 6.45) is 8.30. The first kappa shape index (κ1) is 31.1. The van der Waals surface area contributed by atoms with Gasteiger partial charge >= 0.3 is 0 Å². The second-order valence-corrected chi connectivity index (χ2v) is 14.8. The smallest absolute Gasteiger partial charge is 0.228 e. The summed E-state index contributed by atoms with van der Waals surface area (Å²) in [6.45, 7) is 6.94. The van der Waals surface area contributed by atoms with Crippen LogP contribution in [0.15, 0.2) is 75.2 Å². The number of ketones is 1. The third-order valence-electron chi connectivity index (χ3n) is 9.75. The highest BCUT2D eigenvalue weighted by molar-refractivity contribution is 8.01. The van der Waals surface area contributed by atoms with Gasteiger partial charge in [-0.1, -0.05) is 42.5 Å². The van der Waals surface area contributed by atoms with Gasteiger partial charge in [0.1, 0.15) is 5.75 Å². The molecule has 0 saturated heterocycles. The Balaban J connectivity index is 1.36. The predicted molar refractivity (Wildman–Crippen MR) is 177 cm³/mol. The van der Waals surface area contributed by atoms with E-state index in [1.807, 2.05) is 31.2 Å². The van der Waals surface area contributed by atoms with Crippen LogP contribution in [0.25, 0.3) is 10.2 Å². The number of furan rings is 1. The van der Waals surface area contributed by atoms with Crippen LogP contribution in [0.1, 0.15) is 92.5 Å². The summed E-state index contributed by atoms with van der Waals surface area (Å²) in [4.78, 5) is 18.7. The first-order chi connectivity index (χ1) is 21.2. The quantitative estimate of drug-likeness (QED) is 0.120. The fourth-order valence-corrected chi connectivity index (χ4v) is 9.50. The maximum atomic E-state index is 13.8. The van der Waals surface area contributed by atoms with Crippen molar-refractivity contribution < 1.29 is 24.2 Å². The maximum Gasteiger partial charge on any atom is 0.228 e. The number of thioether (sulfide) groups is 1. The van der Waals surface area contributed by atoms with Gasteiger partial charge in [0.05, 0.1) is 34.8 Å². The molecular weight excluding hydrogens is 591 g/mol. The lowest BCUT2D eigenvalue weighted by molar-refractivity contribution is -0.0422. The second kappa shape index (κ2) is 12.8. The molecule has 3 aliphatic carbocycles. The highest BCUT2D eigenvalue weighted by Crippen LogP contribution is 2.59. The molecular formula is C36H41NO5S2. The van der Waals surface area contributed by atoms with Crippen LogP contribution in [0.3, 0.4) is 0 Å². The van der Waals surface area contributed by atoms with Crippen molar-refractivity contribution in [1.29, 1.82) is 0 Å². The van der Waals surface area contributed by atoms with Crippen LogP contribution >= 0.6 is 23.1 Å². The molecule has 0 amide bonds.